The van der Waals surface area contributed by atoms with Crippen LogP contribution in [0.5, 0.6) is 0 Å². The zero-order valence-corrected chi connectivity index (χ0v) is 19.7. The van der Waals surface area contributed by atoms with Crippen molar-refractivity contribution in [3.05, 3.63) is 60.2 Å². The van der Waals surface area contributed by atoms with Crippen LogP contribution in [0.15, 0.2) is 53.3 Å². The summed E-state index contributed by atoms with van der Waals surface area (Å²) in [6.45, 7) is 3.76. The van der Waals surface area contributed by atoms with E-state index in [1.807, 2.05) is 25.1 Å². The summed E-state index contributed by atoms with van der Waals surface area (Å²) in [5, 5.41) is 16.5. The highest BCUT2D eigenvalue weighted by Gasteiger charge is 2.21. The van der Waals surface area contributed by atoms with Gasteiger partial charge in [-0.2, -0.15) is 5.10 Å². The van der Waals surface area contributed by atoms with Crippen molar-refractivity contribution in [1.82, 2.24) is 25.1 Å². The lowest BCUT2D eigenvalue weighted by atomic mass is 10.0. The van der Waals surface area contributed by atoms with Gasteiger partial charge in [0.1, 0.15) is 12.4 Å². The molecule has 1 amide bonds. The molecule has 9 nitrogen and oxygen atoms in total. The van der Waals surface area contributed by atoms with E-state index in [0.29, 0.717) is 22.4 Å². The molecule has 0 radical (unpaired) electrons. The van der Waals surface area contributed by atoms with Crippen molar-refractivity contribution in [3.63, 3.8) is 0 Å². The van der Waals surface area contributed by atoms with Crippen molar-refractivity contribution in [1.29, 1.82) is 0 Å². The SMILES string of the molecule is Cc1nn(CC(=O)Nc2ccc(N3CCCCC3)c3nonc23)c2nccc(-c3ccc(F)cc3)c12. The Morgan fingerprint density at radius 1 is 1.03 bits per heavy atom. The number of nitrogens with one attached hydrogen (secondary N) is 1. The molecule has 6 rings (SSSR count). The van der Waals surface area contributed by atoms with Gasteiger partial charge < -0.3 is 10.2 Å². The van der Waals surface area contributed by atoms with E-state index in [2.05, 4.69) is 30.6 Å². The predicted octanol–water partition coefficient (Wildman–Crippen LogP) is 4.71. The lowest BCUT2D eigenvalue weighted by Gasteiger charge is -2.28. The molecule has 182 valence electrons. The van der Waals surface area contributed by atoms with Gasteiger partial charge in [0.25, 0.3) is 0 Å². The van der Waals surface area contributed by atoms with Crippen molar-refractivity contribution in [2.75, 3.05) is 23.3 Å². The van der Waals surface area contributed by atoms with Gasteiger partial charge in [-0.05, 0) is 78.0 Å². The van der Waals surface area contributed by atoms with E-state index in [1.165, 1.54) is 18.6 Å². The summed E-state index contributed by atoms with van der Waals surface area (Å²) < 4.78 is 20.0. The van der Waals surface area contributed by atoms with Crippen LogP contribution in [0.2, 0.25) is 0 Å². The molecule has 0 aliphatic carbocycles. The van der Waals surface area contributed by atoms with E-state index < -0.39 is 0 Å². The minimum absolute atomic E-state index is 0.0368. The molecule has 10 heteroatoms. The second kappa shape index (κ2) is 9.03. The number of carbonyl (C=O) groups is 1. The summed E-state index contributed by atoms with van der Waals surface area (Å²) in [5.41, 5.74) is 5.71. The first kappa shape index (κ1) is 22.1. The summed E-state index contributed by atoms with van der Waals surface area (Å²) in [6, 6.07) is 11.9. The number of hydrogen-bond acceptors (Lipinski definition) is 7. The standard InChI is InChI=1S/C26H24FN7O2/c1-16-23-19(17-5-7-18(27)8-6-17)11-12-28-26(23)34(30-16)15-22(35)29-20-9-10-21(25-24(20)31-36-32-25)33-13-3-2-4-14-33/h5-12H,2-4,13-15H2,1H3,(H,29,35). The number of aryl methyl sites for hydroxylation is 1. The fraction of sp³-hybridized carbons (Fsp3) is 0.269. The topological polar surface area (TPSA) is 102 Å². The molecule has 1 aliphatic rings. The number of anilines is 2. The summed E-state index contributed by atoms with van der Waals surface area (Å²) in [5.74, 6) is -0.572. The molecule has 1 aliphatic heterocycles. The third kappa shape index (κ3) is 3.94. The Labute approximate surface area is 205 Å². The van der Waals surface area contributed by atoms with E-state index in [4.69, 9.17) is 4.63 Å². The maximum Gasteiger partial charge on any atom is 0.246 e. The molecule has 3 aromatic heterocycles. The first-order valence-electron chi connectivity index (χ1n) is 12.0. The Balaban J connectivity index is 1.27. The molecule has 36 heavy (non-hydrogen) atoms. The quantitative estimate of drug-likeness (QED) is 0.385. The van der Waals surface area contributed by atoms with Gasteiger partial charge in [0.15, 0.2) is 16.7 Å². The van der Waals surface area contributed by atoms with E-state index in [0.717, 1.165) is 53.8 Å². The number of fused-ring (bicyclic) bond motifs is 2. The van der Waals surface area contributed by atoms with Crippen LogP contribution in [0, 0.1) is 12.7 Å². The minimum Gasteiger partial charge on any atom is -0.370 e. The van der Waals surface area contributed by atoms with Crippen molar-refractivity contribution >= 4 is 39.3 Å². The highest BCUT2D eigenvalue weighted by atomic mass is 19.1. The zero-order valence-electron chi connectivity index (χ0n) is 19.7. The number of carbonyl (C=O) groups excluding carboxylic acids is 1. The summed E-state index contributed by atoms with van der Waals surface area (Å²) in [4.78, 5) is 19.8. The highest BCUT2D eigenvalue weighted by Crippen LogP contribution is 2.32. The number of rotatable bonds is 5. The second-order valence-electron chi connectivity index (χ2n) is 9.00. The molecule has 1 N–H and O–H groups in total. The van der Waals surface area contributed by atoms with Crippen LogP contribution in [0.25, 0.3) is 33.2 Å². The van der Waals surface area contributed by atoms with Crippen molar-refractivity contribution in [3.8, 4) is 11.1 Å². The number of hydrogen-bond donors (Lipinski definition) is 1. The Morgan fingerprint density at radius 2 is 1.81 bits per heavy atom. The van der Waals surface area contributed by atoms with Crippen LogP contribution < -0.4 is 10.2 Å². The van der Waals surface area contributed by atoms with Gasteiger partial charge in [-0.15, -0.1) is 0 Å². The number of piperidine rings is 1. The maximum atomic E-state index is 13.4. The second-order valence-corrected chi connectivity index (χ2v) is 9.00. The molecule has 0 unspecified atom stereocenters. The van der Waals surface area contributed by atoms with Crippen molar-refractivity contribution in [2.24, 2.45) is 0 Å². The minimum atomic E-state index is -0.298. The van der Waals surface area contributed by atoms with Gasteiger partial charge in [-0.1, -0.05) is 12.1 Å². The fourth-order valence-electron chi connectivity index (χ4n) is 4.93. The molecule has 0 spiro atoms. The van der Waals surface area contributed by atoms with Gasteiger partial charge >= 0.3 is 0 Å². The molecule has 0 atom stereocenters. The van der Waals surface area contributed by atoms with E-state index >= 15 is 0 Å². The fourth-order valence-corrected chi connectivity index (χ4v) is 4.93. The van der Waals surface area contributed by atoms with Crippen molar-refractivity contribution < 1.29 is 13.8 Å². The van der Waals surface area contributed by atoms with E-state index in [9.17, 15) is 9.18 Å². The lowest BCUT2D eigenvalue weighted by Crippen LogP contribution is -2.29. The molecule has 0 saturated carbocycles. The first-order chi connectivity index (χ1) is 17.6. The molecular weight excluding hydrogens is 461 g/mol. The van der Waals surface area contributed by atoms with Gasteiger partial charge in [0.2, 0.25) is 5.91 Å². The summed E-state index contributed by atoms with van der Waals surface area (Å²) in [7, 11) is 0. The van der Waals surface area contributed by atoms with Crippen molar-refractivity contribution in [2.45, 2.75) is 32.7 Å². The van der Waals surface area contributed by atoms with Crippen LogP contribution >= 0.6 is 0 Å². The van der Waals surface area contributed by atoms with E-state index in [1.54, 1.807) is 23.0 Å². The normalized spacial score (nSPS) is 14.0. The number of benzene rings is 2. The first-order valence-corrected chi connectivity index (χ1v) is 12.0. The predicted molar refractivity (Wildman–Crippen MR) is 134 cm³/mol. The average Bonchev–Trinajstić information content (AvgIpc) is 3.51. The van der Waals surface area contributed by atoms with Crippen LogP contribution in [-0.2, 0) is 11.3 Å². The summed E-state index contributed by atoms with van der Waals surface area (Å²) in [6.07, 6.45) is 5.17. The third-order valence-corrected chi connectivity index (χ3v) is 6.62. The number of halogens is 1. The Hall–Kier alpha value is -4.34. The smallest absolute Gasteiger partial charge is 0.246 e. The molecule has 2 aromatic carbocycles. The molecule has 1 saturated heterocycles. The largest absolute Gasteiger partial charge is 0.370 e. The van der Waals surface area contributed by atoms with Gasteiger partial charge in [0, 0.05) is 24.7 Å². The molecule has 0 bridgehead atoms. The van der Waals surface area contributed by atoms with Crippen LogP contribution in [-0.4, -0.2) is 44.1 Å². The van der Waals surface area contributed by atoms with Crippen LogP contribution in [0.4, 0.5) is 15.8 Å². The molecular formula is C26H24FN7O2. The van der Waals surface area contributed by atoms with Gasteiger partial charge in [0.05, 0.1) is 17.1 Å². The Morgan fingerprint density at radius 3 is 2.61 bits per heavy atom. The van der Waals surface area contributed by atoms with Crippen LogP contribution in [0.1, 0.15) is 25.0 Å². The third-order valence-electron chi connectivity index (χ3n) is 6.62. The zero-order chi connectivity index (χ0) is 24.6. The van der Waals surface area contributed by atoms with Gasteiger partial charge in [-0.25, -0.2) is 18.7 Å². The van der Waals surface area contributed by atoms with E-state index in [-0.39, 0.29) is 18.3 Å². The van der Waals surface area contributed by atoms with Gasteiger partial charge in [-0.3, -0.25) is 4.79 Å². The highest BCUT2D eigenvalue weighted by molar-refractivity contribution is 6.03. The number of nitrogens with zero attached hydrogens (tertiary/aromatic N) is 6. The molecule has 1 fully saturated rings. The molecule has 4 heterocycles. The van der Waals surface area contributed by atoms with Crippen LogP contribution in [0.3, 0.4) is 0 Å². The number of pyridine rings is 1. The maximum absolute atomic E-state index is 13.4. The lowest BCUT2D eigenvalue weighted by molar-refractivity contribution is -0.116. The monoisotopic (exact) mass is 485 g/mol. The summed E-state index contributed by atoms with van der Waals surface area (Å²) >= 11 is 0. The number of aromatic nitrogens is 5. The molecule has 5 aromatic rings. The average molecular weight is 486 g/mol. The Kier molecular flexibility index (Phi) is 5.55. The Bertz CT molecular complexity index is 1570. The number of amides is 1.